The molecule has 1 aliphatic rings. The van der Waals surface area contributed by atoms with E-state index in [2.05, 4.69) is 35.2 Å². The molecular weight excluding hydrogens is 200 g/mol. The number of likely N-dealkylation sites (tertiary alicyclic amines) is 1. The third-order valence-electron chi connectivity index (χ3n) is 3.49. The number of nitrogens with zero attached hydrogens (tertiary/aromatic N) is 2. The van der Waals surface area contributed by atoms with Crippen LogP contribution >= 0.6 is 0 Å². The SMILES string of the molecule is CC1CN(Cc2cccnc2NN)CC1C. The van der Waals surface area contributed by atoms with Gasteiger partial charge < -0.3 is 5.43 Å². The lowest BCUT2D eigenvalue weighted by Crippen LogP contribution is -2.22. The van der Waals surface area contributed by atoms with Gasteiger partial charge in [-0.2, -0.15) is 0 Å². The number of aromatic nitrogens is 1. The molecule has 0 bridgehead atoms. The number of anilines is 1. The smallest absolute Gasteiger partial charge is 0.144 e. The van der Waals surface area contributed by atoms with Crippen molar-refractivity contribution in [1.82, 2.24) is 9.88 Å². The van der Waals surface area contributed by atoms with E-state index >= 15 is 0 Å². The molecule has 0 saturated carbocycles. The first kappa shape index (κ1) is 11.4. The number of rotatable bonds is 3. The van der Waals surface area contributed by atoms with Gasteiger partial charge in [-0.25, -0.2) is 10.8 Å². The summed E-state index contributed by atoms with van der Waals surface area (Å²) >= 11 is 0. The van der Waals surface area contributed by atoms with Crippen molar-refractivity contribution in [2.45, 2.75) is 20.4 Å². The van der Waals surface area contributed by atoms with Gasteiger partial charge in [-0.15, -0.1) is 0 Å². The van der Waals surface area contributed by atoms with Crippen molar-refractivity contribution < 1.29 is 0 Å². The minimum atomic E-state index is 0.783. The molecule has 2 unspecified atom stereocenters. The van der Waals surface area contributed by atoms with Crippen LogP contribution in [0.5, 0.6) is 0 Å². The zero-order valence-electron chi connectivity index (χ0n) is 9.98. The molecule has 0 amide bonds. The third kappa shape index (κ3) is 2.33. The molecule has 4 heteroatoms. The lowest BCUT2D eigenvalue weighted by atomic mass is 10.0. The molecule has 1 aromatic heterocycles. The molecule has 0 aromatic carbocycles. The maximum Gasteiger partial charge on any atom is 0.144 e. The van der Waals surface area contributed by atoms with Gasteiger partial charge in [0.15, 0.2) is 0 Å². The third-order valence-corrected chi connectivity index (χ3v) is 3.49. The number of hydrazine groups is 1. The second-order valence-electron chi connectivity index (χ2n) is 4.80. The van der Waals surface area contributed by atoms with Gasteiger partial charge in [-0.1, -0.05) is 19.9 Å². The Morgan fingerprint density at radius 1 is 1.44 bits per heavy atom. The molecule has 1 saturated heterocycles. The summed E-state index contributed by atoms with van der Waals surface area (Å²) in [7, 11) is 0. The minimum Gasteiger partial charge on any atom is -0.308 e. The van der Waals surface area contributed by atoms with E-state index in [1.807, 2.05) is 6.07 Å². The molecular formula is C12H20N4. The fraction of sp³-hybridized carbons (Fsp3) is 0.583. The highest BCUT2D eigenvalue weighted by Gasteiger charge is 2.26. The Kier molecular flexibility index (Phi) is 3.41. The zero-order valence-corrected chi connectivity index (χ0v) is 9.98. The van der Waals surface area contributed by atoms with Gasteiger partial charge in [-0.3, -0.25) is 4.90 Å². The Hall–Kier alpha value is -1.13. The second kappa shape index (κ2) is 4.80. The fourth-order valence-corrected chi connectivity index (χ4v) is 2.32. The summed E-state index contributed by atoms with van der Waals surface area (Å²) in [6, 6.07) is 4.04. The molecule has 2 atom stereocenters. The zero-order chi connectivity index (χ0) is 11.5. The molecule has 2 rings (SSSR count). The first-order valence-electron chi connectivity index (χ1n) is 5.83. The highest BCUT2D eigenvalue weighted by molar-refractivity contribution is 5.42. The topological polar surface area (TPSA) is 54.2 Å². The molecule has 1 aliphatic heterocycles. The maximum atomic E-state index is 5.45. The van der Waals surface area contributed by atoms with Gasteiger partial charge in [0.1, 0.15) is 5.82 Å². The summed E-state index contributed by atoms with van der Waals surface area (Å²) < 4.78 is 0. The van der Waals surface area contributed by atoms with Gasteiger partial charge in [0, 0.05) is 31.4 Å². The number of nitrogens with two attached hydrogens (primary N) is 1. The molecule has 2 heterocycles. The number of nitrogen functional groups attached to an aromatic ring is 1. The second-order valence-corrected chi connectivity index (χ2v) is 4.80. The predicted octanol–water partition coefficient (Wildman–Crippen LogP) is 1.46. The fourth-order valence-electron chi connectivity index (χ4n) is 2.32. The van der Waals surface area contributed by atoms with Crippen molar-refractivity contribution in [2.24, 2.45) is 17.7 Å². The van der Waals surface area contributed by atoms with Crippen LogP contribution in [-0.4, -0.2) is 23.0 Å². The highest BCUT2D eigenvalue weighted by atomic mass is 15.3. The normalized spacial score (nSPS) is 25.9. The van der Waals surface area contributed by atoms with E-state index in [1.54, 1.807) is 6.20 Å². The quantitative estimate of drug-likeness (QED) is 0.598. The molecule has 0 aliphatic carbocycles. The van der Waals surface area contributed by atoms with Crippen LogP contribution in [-0.2, 0) is 6.54 Å². The van der Waals surface area contributed by atoms with Gasteiger partial charge in [0.05, 0.1) is 0 Å². The van der Waals surface area contributed by atoms with Crippen molar-refractivity contribution in [3.05, 3.63) is 23.9 Å². The molecule has 1 fully saturated rings. The molecule has 0 spiro atoms. The average Bonchev–Trinajstić information content (AvgIpc) is 2.59. The van der Waals surface area contributed by atoms with Gasteiger partial charge in [0.2, 0.25) is 0 Å². The summed E-state index contributed by atoms with van der Waals surface area (Å²) in [6.07, 6.45) is 1.76. The lowest BCUT2D eigenvalue weighted by molar-refractivity contribution is 0.316. The van der Waals surface area contributed by atoms with E-state index in [0.717, 1.165) is 24.2 Å². The molecule has 16 heavy (non-hydrogen) atoms. The van der Waals surface area contributed by atoms with Crippen LogP contribution in [0.25, 0.3) is 0 Å². The van der Waals surface area contributed by atoms with Gasteiger partial charge in [-0.05, 0) is 17.9 Å². The molecule has 88 valence electrons. The van der Waals surface area contributed by atoms with Crippen LogP contribution in [0.2, 0.25) is 0 Å². The van der Waals surface area contributed by atoms with Crippen molar-refractivity contribution >= 4 is 5.82 Å². The first-order chi connectivity index (χ1) is 7.70. The van der Waals surface area contributed by atoms with E-state index in [-0.39, 0.29) is 0 Å². The Morgan fingerprint density at radius 3 is 2.75 bits per heavy atom. The Bertz CT molecular complexity index is 343. The Labute approximate surface area is 96.8 Å². The van der Waals surface area contributed by atoms with Crippen molar-refractivity contribution in [2.75, 3.05) is 18.5 Å². The Morgan fingerprint density at radius 2 is 2.12 bits per heavy atom. The summed E-state index contributed by atoms with van der Waals surface area (Å²) in [5, 5.41) is 0. The van der Waals surface area contributed by atoms with E-state index < -0.39 is 0 Å². The van der Waals surface area contributed by atoms with Crippen LogP contribution in [0, 0.1) is 11.8 Å². The summed E-state index contributed by atoms with van der Waals surface area (Å²) in [5.74, 6) is 7.80. The van der Waals surface area contributed by atoms with Crippen LogP contribution < -0.4 is 11.3 Å². The summed E-state index contributed by atoms with van der Waals surface area (Å²) in [5.41, 5.74) is 3.83. The van der Waals surface area contributed by atoms with Crippen LogP contribution in [0.15, 0.2) is 18.3 Å². The maximum absolute atomic E-state index is 5.45. The number of hydrogen-bond donors (Lipinski definition) is 2. The molecule has 0 radical (unpaired) electrons. The van der Waals surface area contributed by atoms with Crippen molar-refractivity contribution in [3.63, 3.8) is 0 Å². The van der Waals surface area contributed by atoms with Crippen molar-refractivity contribution in [1.29, 1.82) is 0 Å². The number of pyridine rings is 1. The minimum absolute atomic E-state index is 0.783. The molecule has 4 nitrogen and oxygen atoms in total. The number of nitrogens with one attached hydrogen (secondary N) is 1. The van der Waals surface area contributed by atoms with Crippen LogP contribution in [0.3, 0.4) is 0 Å². The van der Waals surface area contributed by atoms with Gasteiger partial charge >= 0.3 is 0 Å². The highest BCUT2D eigenvalue weighted by Crippen LogP contribution is 2.24. The van der Waals surface area contributed by atoms with Crippen LogP contribution in [0.4, 0.5) is 5.82 Å². The van der Waals surface area contributed by atoms with E-state index in [0.29, 0.717) is 0 Å². The van der Waals surface area contributed by atoms with Crippen LogP contribution in [0.1, 0.15) is 19.4 Å². The lowest BCUT2D eigenvalue weighted by Gasteiger charge is -2.17. The van der Waals surface area contributed by atoms with E-state index in [4.69, 9.17) is 5.84 Å². The molecule has 3 N–H and O–H groups in total. The largest absolute Gasteiger partial charge is 0.308 e. The Balaban J connectivity index is 2.04. The summed E-state index contributed by atoms with van der Waals surface area (Å²) in [4.78, 5) is 6.68. The number of hydrogen-bond acceptors (Lipinski definition) is 4. The monoisotopic (exact) mass is 220 g/mol. The van der Waals surface area contributed by atoms with E-state index in [9.17, 15) is 0 Å². The van der Waals surface area contributed by atoms with Crippen molar-refractivity contribution in [3.8, 4) is 0 Å². The standard InChI is InChI=1S/C12H20N4/c1-9-6-16(7-10(9)2)8-11-4-3-5-14-12(11)15-13/h3-5,9-10H,6-8,13H2,1-2H3,(H,14,15). The first-order valence-corrected chi connectivity index (χ1v) is 5.83. The van der Waals surface area contributed by atoms with E-state index in [1.165, 1.54) is 18.7 Å². The van der Waals surface area contributed by atoms with Gasteiger partial charge in [0.25, 0.3) is 0 Å². The summed E-state index contributed by atoms with van der Waals surface area (Å²) in [6.45, 7) is 7.90. The molecule has 1 aromatic rings. The predicted molar refractivity (Wildman–Crippen MR) is 65.7 cm³/mol. The average molecular weight is 220 g/mol.